The number of carbonyl (C=O) groups is 1. The zero-order valence-corrected chi connectivity index (χ0v) is 16.5. The van der Waals surface area contributed by atoms with Gasteiger partial charge in [-0.15, -0.1) is 0 Å². The first-order chi connectivity index (χ1) is 12.6. The Hall–Kier alpha value is -2.14. The third-order valence-electron chi connectivity index (χ3n) is 4.88. The van der Waals surface area contributed by atoms with Crippen molar-refractivity contribution < 1.29 is 4.79 Å². The number of aryl methyl sites for hydroxylation is 2. The highest BCUT2D eigenvalue weighted by molar-refractivity contribution is 7.98. The topological polar surface area (TPSA) is 46.1 Å². The molecule has 26 heavy (non-hydrogen) atoms. The molecule has 136 valence electrons. The summed E-state index contributed by atoms with van der Waals surface area (Å²) in [6.45, 7) is 5.50. The van der Waals surface area contributed by atoms with Gasteiger partial charge in [-0.1, -0.05) is 48.2 Å². The van der Waals surface area contributed by atoms with Crippen LogP contribution in [-0.2, 0) is 11.2 Å². The number of nitrogens with zero attached hydrogens (tertiary/aromatic N) is 3. The summed E-state index contributed by atoms with van der Waals surface area (Å²) in [5, 5.41) is 0.796. The average Bonchev–Trinajstić information content (AvgIpc) is 2.67. The van der Waals surface area contributed by atoms with E-state index in [9.17, 15) is 4.79 Å². The van der Waals surface area contributed by atoms with Gasteiger partial charge in [0.15, 0.2) is 5.16 Å². The van der Waals surface area contributed by atoms with Crippen molar-refractivity contribution in [2.45, 2.75) is 38.3 Å². The average molecular weight is 368 g/mol. The maximum atomic E-state index is 12.6. The first-order valence-corrected chi connectivity index (χ1v) is 10.2. The highest BCUT2D eigenvalue weighted by Gasteiger charge is 2.19. The van der Waals surface area contributed by atoms with Crippen LogP contribution in [0.2, 0.25) is 0 Å². The fourth-order valence-corrected chi connectivity index (χ4v) is 3.82. The van der Waals surface area contributed by atoms with Crippen molar-refractivity contribution in [2.24, 2.45) is 0 Å². The van der Waals surface area contributed by atoms with Crippen molar-refractivity contribution in [1.29, 1.82) is 0 Å². The Balaban J connectivity index is 1.59. The van der Waals surface area contributed by atoms with E-state index in [-0.39, 0.29) is 5.91 Å². The Bertz CT molecular complexity index is 794. The van der Waals surface area contributed by atoms with Gasteiger partial charge in [0.25, 0.3) is 0 Å². The van der Waals surface area contributed by atoms with Crippen LogP contribution in [0.15, 0.2) is 41.6 Å². The maximum absolute atomic E-state index is 12.6. The van der Waals surface area contributed by atoms with E-state index in [0.717, 1.165) is 35.1 Å². The second-order valence-corrected chi connectivity index (χ2v) is 7.32. The number of amides is 1. The molecule has 2 heterocycles. The van der Waals surface area contributed by atoms with Crippen LogP contribution in [0.5, 0.6) is 0 Å². The molecule has 0 bridgehead atoms. The van der Waals surface area contributed by atoms with Gasteiger partial charge in [0.1, 0.15) is 0 Å². The lowest BCUT2D eigenvalue weighted by atomic mass is 9.99. The lowest BCUT2D eigenvalue weighted by Crippen LogP contribution is -2.34. The summed E-state index contributed by atoms with van der Waals surface area (Å²) in [5.41, 5.74) is 5.67. The normalized spacial score (nSPS) is 14.3. The first-order valence-electron chi connectivity index (χ1n) is 8.99. The monoisotopic (exact) mass is 367 g/mol. The molecule has 1 aromatic heterocycles. The largest absolute Gasteiger partial charge is 0.339 e. The second-order valence-electron chi connectivity index (χ2n) is 6.54. The number of aromatic nitrogens is 2. The predicted octanol–water partition coefficient (Wildman–Crippen LogP) is 4.06. The molecule has 4 nitrogen and oxygen atoms in total. The molecule has 5 heteroatoms. The van der Waals surface area contributed by atoms with Gasteiger partial charge < -0.3 is 4.90 Å². The molecule has 2 aromatic rings. The molecule has 0 saturated carbocycles. The van der Waals surface area contributed by atoms with Crippen molar-refractivity contribution in [2.75, 3.05) is 19.3 Å². The molecule has 0 spiro atoms. The molecular formula is C21H25N3OS. The Morgan fingerprint density at radius 3 is 2.42 bits per heavy atom. The fourth-order valence-electron chi connectivity index (χ4n) is 3.36. The summed E-state index contributed by atoms with van der Waals surface area (Å²) in [6, 6.07) is 10.4. The van der Waals surface area contributed by atoms with E-state index in [1.54, 1.807) is 11.8 Å². The smallest absolute Gasteiger partial charge is 0.223 e. The molecule has 0 radical (unpaired) electrons. The summed E-state index contributed by atoms with van der Waals surface area (Å²) in [6.07, 6.45) is 6.29. The second kappa shape index (κ2) is 8.49. The van der Waals surface area contributed by atoms with Crippen molar-refractivity contribution in [1.82, 2.24) is 14.9 Å². The van der Waals surface area contributed by atoms with E-state index in [0.29, 0.717) is 19.4 Å². The van der Waals surface area contributed by atoms with E-state index >= 15 is 0 Å². The van der Waals surface area contributed by atoms with Gasteiger partial charge in [-0.2, -0.15) is 0 Å². The van der Waals surface area contributed by atoms with Crippen LogP contribution >= 0.6 is 11.8 Å². The zero-order chi connectivity index (χ0) is 18.5. The molecule has 0 N–H and O–H groups in total. The third-order valence-corrected chi connectivity index (χ3v) is 5.43. The minimum absolute atomic E-state index is 0.209. The number of hydrogen-bond donors (Lipinski definition) is 0. The van der Waals surface area contributed by atoms with Gasteiger partial charge in [-0.05, 0) is 49.6 Å². The summed E-state index contributed by atoms with van der Waals surface area (Å²) in [5.74, 6) is 0.209. The van der Waals surface area contributed by atoms with E-state index in [1.807, 2.05) is 31.1 Å². The summed E-state index contributed by atoms with van der Waals surface area (Å²) >= 11 is 1.55. The summed E-state index contributed by atoms with van der Waals surface area (Å²) < 4.78 is 0. The molecule has 3 rings (SSSR count). The standard InChI is InChI=1S/C21H25N3OS/c1-15-19(16(2)23-21(22-15)26-3)9-10-20(25)24-13-11-18(12-14-24)17-7-5-4-6-8-17/h4-8,11H,9-10,12-14H2,1-3H3. The fraction of sp³-hybridized carbons (Fsp3) is 0.381. The van der Waals surface area contributed by atoms with Crippen LogP contribution in [0, 0.1) is 13.8 Å². The van der Waals surface area contributed by atoms with Crippen molar-refractivity contribution in [3.05, 3.63) is 58.9 Å². The van der Waals surface area contributed by atoms with Crippen molar-refractivity contribution in [3.63, 3.8) is 0 Å². The molecule has 1 amide bonds. The predicted molar refractivity (Wildman–Crippen MR) is 107 cm³/mol. The number of rotatable bonds is 5. The van der Waals surface area contributed by atoms with E-state index < -0.39 is 0 Å². The molecular weight excluding hydrogens is 342 g/mol. The van der Waals surface area contributed by atoms with Crippen LogP contribution in [0.25, 0.3) is 5.57 Å². The zero-order valence-electron chi connectivity index (χ0n) is 15.7. The van der Waals surface area contributed by atoms with Crippen molar-refractivity contribution >= 4 is 23.2 Å². The van der Waals surface area contributed by atoms with Crippen LogP contribution in [0.1, 0.15) is 35.4 Å². The Morgan fingerprint density at radius 1 is 1.15 bits per heavy atom. The summed E-state index contributed by atoms with van der Waals surface area (Å²) in [7, 11) is 0. The van der Waals surface area contributed by atoms with Gasteiger partial charge in [0, 0.05) is 30.9 Å². The molecule has 0 aliphatic carbocycles. The number of hydrogen-bond acceptors (Lipinski definition) is 4. The maximum Gasteiger partial charge on any atom is 0.223 e. The molecule has 1 aromatic carbocycles. The molecule has 0 saturated heterocycles. The SMILES string of the molecule is CSc1nc(C)c(CCC(=O)N2CC=C(c3ccccc3)CC2)c(C)n1. The Kier molecular flexibility index (Phi) is 6.09. The van der Waals surface area contributed by atoms with Crippen LogP contribution in [-0.4, -0.2) is 40.1 Å². The van der Waals surface area contributed by atoms with Crippen LogP contribution in [0.4, 0.5) is 0 Å². The molecule has 1 aliphatic rings. The quantitative estimate of drug-likeness (QED) is 0.590. The van der Waals surface area contributed by atoms with E-state index in [2.05, 4.69) is 40.3 Å². The number of carbonyl (C=O) groups excluding carboxylic acids is 1. The molecule has 0 fully saturated rings. The van der Waals surface area contributed by atoms with Crippen LogP contribution < -0.4 is 0 Å². The van der Waals surface area contributed by atoms with Crippen molar-refractivity contribution in [3.8, 4) is 0 Å². The Morgan fingerprint density at radius 2 is 1.85 bits per heavy atom. The lowest BCUT2D eigenvalue weighted by Gasteiger charge is -2.27. The minimum Gasteiger partial charge on any atom is -0.339 e. The van der Waals surface area contributed by atoms with Gasteiger partial charge in [-0.3, -0.25) is 4.79 Å². The summed E-state index contributed by atoms with van der Waals surface area (Å²) in [4.78, 5) is 23.6. The van der Waals surface area contributed by atoms with E-state index in [4.69, 9.17) is 0 Å². The van der Waals surface area contributed by atoms with Gasteiger partial charge >= 0.3 is 0 Å². The lowest BCUT2D eigenvalue weighted by molar-refractivity contribution is -0.130. The minimum atomic E-state index is 0.209. The third kappa shape index (κ3) is 4.33. The molecule has 1 aliphatic heterocycles. The van der Waals surface area contributed by atoms with E-state index in [1.165, 1.54) is 11.1 Å². The van der Waals surface area contributed by atoms with Gasteiger partial charge in [-0.25, -0.2) is 9.97 Å². The van der Waals surface area contributed by atoms with Gasteiger partial charge in [0.05, 0.1) is 0 Å². The molecule has 0 atom stereocenters. The van der Waals surface area contributed by atoms with Crippen LogP contribution in [0.3, 0.4) is 0 Å². The Labute approximate surface area is 159 Å². The highest BCUT2D eigenvalue weighted by atomic mass is 32.2. The first kappa shape index (κ1) is 18.6. The number of thioether (sulfide) groups is 1. The molecule has 0 unspecified atom stereocenters. The van der Waals surface area contributed by atoms with Gasteiger partial charge in [0.2, 0.25) is 5.91 Å². The highest BCUT2D eigenvalue weighted by Crippen LogP contribution is 2.23. The number of benzene rings is 1.